The van der Waals surface area contributed by atoms with Gasteiger partial charge in [0, 0.05) is 6.42 Å². The Balaban J connectivity index is 0. The van der Waals surface area contributed by atoms with E-state index < -0.39 is 12.6 Å². The van der Waals surface area contributed by atoms with Crippen LogP contribution in [0.5, 0.6) is 0 Å². The number of ether oxygens (including phenoxy) is 1. The molecular formula is C7H14O5. The van der Waals surface area contributed by atoms with Crippen molar-refractivity contribution in [2.45, 2.75) is 19.8 Å². The molecule has 0 unspecified atom stereocenters. The first-order chi connectivity index (χ1) is 5.58. The number of carbonyl (C=O) groups excluding carboxylic acids is 1. The highest BCUT2D eigenvalue weighted by molar-refractivity contribution is 5.68. The molecular weight excluding hydrogens is 164 g/mol. The predicted octanol–water partition coefficient (Wildman–Crippen LogP) is 0.0228. The largest absolute Gasteiger partial charge is 0.480 e. The van der Waals surface area contributed by atoms with Crippen LogP contribution in [0.15, 0.2) is 0 Å². The lowest BCUT2D eigenvalue weighted by molar-refractivity contribution is -0.141. The maximum absolute atomic E-state index is 10.2. The summed E-state index contributed by atoms with van der Waals surface area (Å²) < 4.78 is 4.35. The van der Waals surface area contributed by atoms with Gasteiger partial charge < -0.3 is 14.9 Å². The van der Waals surface area contributed by atoms with E-state index >= 15 is 0 Å². The van der Waals surface area contributed by atoms with Gasteiger partial charge >= 0.3 is 11.9 Å². The molecule has 0 spiro atoms. The topological polar surface area (TPSA) is 83.8 Å². The van der Waals surface area contributed by atoms with E-state index in [2.05, 4.69) is 4.74 Å². The number of carboxylic acids is 1. The van der Waals surface area contributed by atoms with Crippen molar-refractivity contribution in [1.82, 2.24) is 0 Å². The van der Waals surface area contributed by atoms with E-state index in [-0.39, 0.29) is 5.97 Å². The molecule has 0 atom stereocenters. The minimum Gasteiger partial charge on any atom is -0.480 e. The Bertz CT molecular complexity index is 132. The second kappa shape index (κ2) is 9.90. The van der Waals surface area contributed by atoms with Crippen LogP contribution in [0.25, 0.3) is 0 Å². The van der Waals surface area contributed by atoms with Gasteiger partial charge in [0.1, 0.15) is 6.61 Å². The standard InChI is InChI=1S/C5H10O2.C2H4O3/c1-3-4-5(6)7-2;3-1-2(4)5/h3-4H2,1-2H3;3H,1H2,(H,4,5). The monoisotopic (exact) mass is 178 g/mol. The number of aliphatic hydroxyl groups is 1. The third-order valence-corrected chi connectivity index (χ3v) is 0.817. The number of carboxylic acid groups (broad SMARTS) is 1. The van der Waals surface area contributed by atoms with Gasteiger partial charge in [0.2, 0.25) is 0 Å². The van der Waals surface area contributed by atoms with Gasteiger partial charge in [0.25, 0.3) is 0 Å². The summed E-state index contributed by atoms with van der Waals surface area (Å²) >= 11 is 0. The average molecular weight is 178 g/mol. The summed E-state index contributed by atoms with van der Waals surface area (Å²) in [4.78, 5) is 19.3. The molecule has 5 heteroatoms. The Morgan fingerprint density at radius 3 is 1.92 bits per heavy atom. The van der Waals surface area contributed by atoms with Gasteiger partial charge in [-0.2, -0.15) is 0 Å². The van der Waals surface area contributed by atoms with Gasteiger partial charge in [0.15, 0.2) is 0 Å². The van der Waals surface area contributed by atoms with Crippen LogP contribution < -0.4 is 0 Å². The highest BCUT2D eigenvalue weighted by atomic mass is 16.5. The quantitative estimate of drug-likeness (QED) is 0.595. The van der Waals surface area contributed by atoms with Crippen LogP contribution in [0.2, 0.25) is 0 Å². The van der Waals surface area contributed by atoms with Gasteiger partial charge in [-0.25, -0.2) is 4.79 Å². The van der Waals surface area contributed by atoms with Crippen molar-refractivity contribution in [3.8, 4) is 0 Å². The predicted molar refractivity (Wildman–Crippen MR) is 41.6 cm³/mol. The SMILES string of the molecule is CCCC(=O)OC.O=C(O)CO. The minimum atomic E-state index is -1.19. The number of rotatable bonds is 3. The molecule has 0 saturated heterocycles. The molecule has 0 heterocycles. The van der Waals surface area contributed by atoms with Crippen LogP contribution in [0.1, 0.15) is 19.8 Å². The summed E-state index contributed by atoms with van der Waals surface area (Å²) in [5.74, 6) is -1.31. The van der Waals surface area contributed by atoms with Crippen molar-refractivity contribution in [3.05, 3.63) is 0 Å². The summed E-state index contributed by atoms with van der Waals surface area (Å²) in [7, 11) is 1.40. The number of aliphatic carboxylic acids is 1. The van der Waals surface area contributed by atoms with Crippen LogP contribution in [-0.4, -0.2) is 35.9 Å². The number of carbonyl (C=O) groups is 2. The van der Waals surface area contributed by atoms with Crippen molar-refractivity contribution in [2.24, 2.45) is 0 Å². The average Bonchev–Trinajstić information content (AvgIpc) is 2.06. The lowest BCUT2D eigenvalue weighted by Gasteiger charge is -1.91. The fraction of sp³-hybridized carbons (Fsp3) is 0.714. The Morgan fingerprint density at radius 2 is 1.83 bits per heavy atom. The van der Waals surface area contributed by atoms with Crippen LogP contribution in [0.4, 0.5) is 0 Å². The molecule has 0 aliphatic carbocycles. The van der Waals surface area contributed by atoms with E-state index in [1.807, 2.05) is 6.92 Å². The lowest BCUT2D eigenvalue weighted by atomic mass is 10.3. The van der Waals surface area contributed by atoms with Crippen LogP contribution in [0.3, 0.4) is 0 Å². The third-order valence-electron chi connectivity index (χ3n) is 0.817. The molecule has 0 aromatic rings. The highest BCUT2D eigenvalue weighted by Gasteiger charge is 1.92. The molecule has 12 heavy (non-hydrogen) atoms. The van der Waals surface area contributed by atoms with E-state index in [1.54, 1.807) is 0 Å². The highest BCUT2D eigenvalue weighted by Crippen LogP contribution is 1.86. The van der Waals surface area contributed by atoms with Crippen LogP contribution >= 0.6 is 0 Å². The fourth-order valence-corrected chi connectivity index (χ4v) is 0.306. The number of hydrogen-bond donors (Lipinski definition) is 2. The number of esters is 1. The van der Waals surface area contributed by atoms with Crippen LogP contribution in [0, 0.1) is 0 Å². The lowest BCUT2D eigenvalue weighted by Crippen LogP contribution is -1.98. The summed E-state index contributed by atoms with van der Waals surface area (Å²) in [5.41, 5.74) is 0. The molecule has 0 bridgehead atoms. The molecule has 0 amide bonds. The second-order valence-corrected chi connectivity index (χ2v) is 1.88. The Morgan fingerprint density at radius 1 is 1.42 bits per heavy atom. The summed E-state index contributed by atoms with van der Waals surface area (Å²) in [5, 5.41) is 15.0. The van der Waals surface area contributed by atoms with Gasteiger partial charge in [-0.3, -0.25) is 4.79 Å². The van der Waals surface area contributed by atoms with E-state index in [4.69, 9.17) is 15.0 Å². The molecule has 0 rings (SSSR count). The number of aliphatic hydroxyl groups excluding tert-OH is 1. The summed E-state index contributed by atoms with van der Waals surface area (Å²) in [6, 6.07) is 0. The molecule has 0 aliphatic heterocycles. The fourth-order valence-electron chi connectivity index (χ4n) is 0.306. The number of methoxy groups -OCH3 is 1. The van der Waals surface area contributed by atoms with E-state index in [9.17, 15) is 4.79 Å². The zero-order chi connectivity index (χ0) is 9.98. The number of hydrogen-bond acceptors (Lipinski definition) is 4. The zero-order valence-corrected chi connectivity index (χ0v) is 7.24. The first kappa shape index (κ1) is 13.5. The van der Waals surface area contributed by atoms with Gasteiger partial charge in [-0.15, -0.1) is 0 Å². The van der Waals surface area contributed by atoms with Gasteiger partial charge in [0.05, 0.1) is 7.11 Å². The summed E-state index contributed by atoms with van der Waals surface area (Å²) in [6.45, 7) is 1.16. The maximum Gasteiger partial charge on any atom is 0.329 e. The minimum absolute atomic E-state index is 0.123. The molecule has 72 valence electrons. The summed E-state index contributed by atoms with van der Waals surface area (Å²) in [6.07, 6.45) is 1.41. The normalized spacial score (nSPS) is 7.92. The Hall–Kier alpha value is -1.10. The van der Waals surface area contributed by atoms with Crippen molar-refractivity contribution < 1.29 is 24.5 Å². The van der Waals surface area contributed by atoms with E-state index in [0.29, 0.717) is 6.42 Å². The van der Waals surface area contributed by atoms with E-state index in [0.717, 1.165) is 6.42 Å². The molecule has 2 N–H and O–H groups in total. The Kier molecular flexibility index (Phi) is 11.1. The molecule has 0 radical (unpaired) electrons. The maximum atomic E-state index is 10.2. The smallest absolute Gasteiger partial charge is 0.329 e. The van der Waals surface area contributed by atoms with Crippen molar-refractivity contribution in [1.29, 1.82) is 0 Å². The van der Waals surface area contributed by atoms with Crippen molar-refractivity contribution in [3.63, 3.8) is 0 Å². The molecule has 0 aliphatic rings. The second-order valence-electron chi connectivity index (χ2n) is 1.88. The molecule has 0 aromatic carbocycles. The van der Waals surface area contributed by atoms with Crippen molar-refractivity contribution >= 4 is 11.9 Å². The van der Waals surface area contributed by atoms with E-state index in [1.165, 1.54) is 7.11 Å². The molecule has 5 nitrogen and oxygen atoms in total. The first-order valence-corrected chi connectivity index (χ1v) is 3.47. The first-order valence-electron chi connectivity index (χ1n) is 3.47. The van der Waals surface area contributed by atoms with Crippen molar-refractivity contribution in [2.75, 3.05) is 13.7 Å². The molecule has 0 aromatic heterocycles. The zero-order valence-electron chi connectivity index (χ0n) is 7.24. The van der Waals surface area contributed by atoms with Gasteiger partial charge in [-0.1, -0.05) is 6.92 Å². The molecule has 0 fully saturated rings. The Labute approximate surface area is 71.0 Å². The third kappa shape index (κ3) is 16.0. The van der Waals surface area contributed by atoms with Crippen LogP contribution in [-0.2, 0) is 14.3 Å². The molecule has 0 saturated carbocycles. The van der Waals surface area contributed by atoms with Gasteiger partial charge in [-0.05, 0) is 6.42 Å².